The van der Waals surface area contributed by atoms with Gasteiger partial charge in [-0.3, -0.25) is 9.10 Å². The van der Waals surface area contributed by atoms with Gasteiger partial charge in [-0.2, -0.15) is 0 Å². The van der Waals surface area contributed by atoms with E-state index in [4.69, 9.17) is 23.2 Å². The normalized spacial score (nSPS) is 12.5. The average Bonchev–Trinajstić information content (AvgIpc) is 3.19. The zero-order chi connectivity index (χ0) is 28.6. The Morgan fingerprint density at radius 3 is 1.98 bits per heavy atom. The van der Waals surface area contributed by atoms with Gasteiger partial charge in [0.25, 0.3) is 10.0 Å². The van der Waals surface area contributed by atoms with E-state index in [-0.39, 0.29) is 23.9 Å². The summed E-state index contributed by atoms with van der Waals surface area (Å²) in [6, 6.07) is 24.0. The highest BCUT2D eigenvalue weighted by molar-refractivity contribution is 7.92. The minimum Gasteiger partial charge on any atom is -0.389 e. The van der Waals surface area contributed by atoms with Crippen LogP contribution in [0.5, 0.6) is 0 Å². The lowest BCUT2D eigenvalue weighted by atomic mass is 10.1. The van der Waals surface area contributed by atoms with Gasteiger partial charge in [0.1, 0.15) is 0 Å². The smallest absolute Gasteiger partial charge is 0.264 e. The fourth-order valence-corrected chi connectivity index (χ4v) is 6.65. The molecule has 7 nitrogen and oxygen atoms in total. The fourth-order valence-electron chi connectivity index (χ4n) is 4.80. The quantitative estimate of drug-likeness (QED) is 0.211. The number of benzene rings is 4. The van der Waals surface area contributed by atoms with E-state index in [2.05, 4.69) is 5.32 Å². The molecular weight excluding hydrogens is 569 g/mol. The van der Waals surface area contributed by atoms with E-state index in [1.54, 1.807) is 60.7 Å². The van der Waals surface area contributed by atoms with E-state index in [9.17, 15) is 18.3 Å². The van der Waals surface area contributed by atoms with Crippen molar-refractivity contribution in [2.24, 2.45) is 0 Å². The lowest BCUT2D eigenvalue weighted by molar-refractivity contribution is -0.114. The Kier molecular flexibility index (Phi) is 7.79. The number of sulfonamides is 1. The third-order valence-electron chi connectivity index (χ3n) is 6.64. The zero-order valence-corrected chi connectivity index (χ0v) is 24.1. The number of hydrogen-bond donors (Lipinski definition) is 2. The number of anilines is 2. The Morgan fingerprint density at radius 2 is 1.45 bits per heavy atom. The molecular formula is C30H27Cl2N3O4S. The Balaban J connectivity index is 1.53. The first-order chi connectivity index (χ1) is 19.0. The number of fused-ring (bicyclic) bond motifs is 3. The second kappa shape index (κ2) is 11.1. The number of hydrogen-bond acceptors (Lipinski definition) is 4. The highest BCUT2D eigenvalue weighted by Crippen LogP contribution is 2.33. The molecule has 0 aliphatic rings. The van der Waals surface area contributed by atoms with E-state index in [1.165, 1.54) is 11.2 Å². The highest BCUT2D eigenvalue weighted by atomic mass is 35.5. The van der Waals surface area contributed by atoms with Crippen LogP contribution >= 0.6 is 23.2 Å². The van der Waals surface area contributed by atoms with E-state index in [0.29, 0.717) is 21.4 Å². The number of carbonyl (C=O) groups is 1. The highest BCUT2D eigenvalue weighted by Gasteiger charge is 2.28. The molecule has 0 saturated carbocycles. The van der Waals surface area contributed by atoms with Gasteiger partial charge in [-0.25, -0.2) is 8.42 Å². The number of amides is 1. The maximum atomic E-state index is 13.9. The molecule has 0 bridgehead atoms. The van der Waals surface area contributed by atoms with Crippen molar-refractivity contribution in [1.29, 1.82) is 0 Å². The average molecular weight is 597 g/mol. The number of aliphatic hydroxyl groups excluding tert-OH is 1. The van der Waals surface area contributed by atoms with Crippen LogP contribution in [0.15, 0.2) is 89.8 Å². The standard InChI is InChI=1S/C30H27Cl2N3O4S/c1-19-3-11-26(12-4-19)40(38,39)35(24-9-7-23(8-10-24)33-20(2)36)18-25(37)17-34-29-13-5-21(31)15-27(29)28-16-22(32)6-14-30(28)34/h3-16,25,37H,17-18H2,1-2H3,(H,33,36)/t25-/m0/s1. The lowest BCUT2D eigenvalue weighted by Crippen LogP contribution is -2.39. The fraction of sp³-hybridized carbons (Fsp3) is 0.167. The van der Waals surface area contributed by atoms with E-state index in [0.717, 1.165) is 27.4 Å². The molecule has 1 heterocycles. The second-order valence-corrected chi connectivity index (χ2v) is 12.4. The van der Waals surface area contributed by atoms with Crippen molar-refractivity contribution in [1.82, 2.24) is 4.57 Å². The van der Waals surface area contributed by atoms with Crippen LogP contribution < -0.4 is 9.62 Å². The van der Waals surface area contributed by atoms with Gasteiger partial charge < -0.3 is 15.0 Å². The number of carbonyl (C=O) groups excluding carboxylic acids is 1. The molecule has 1 aromatic heterocycles. The van der Waals surface area contributed by atoms with Gasteiger partial charge in [-0.1, -0.05) is 40.9 Å². The van der Waals surface area contributed by atoms with Crippen LogP contribution in [0.2, 0.25) is 10.0 Å². The number of nitrogens with zero attached hydrogens (tertiary/aromatic N) is 2. The Hall–Kier alpha value is -3.56. The molecule has 1 amide bonds. The number of rotatable bonds is 8. The van der Waals surface area contributed by atoms with Crippen LogP contribution in [0.1, 0.15) is 12.5 Å². The minimum atomic E-state index is -4.04. The molecule has 5 aromatic rings. The SMILES string of the molecule is CC(=O)Nc1ccc(N(C[C@@H](O)Cn2c3ccc(Cl)cc3c3cc(Cl)ccc32)S(=O)(=O)c2ccc(C)cc2)cc1. The van der Waals surface area contributed by atoms with Crippen LogP contribution in [-0.4, -0.2) is 36.6 Å². The maximum Gasteiger partial charge on any atom is 0.264 e. The summed E-state index contributed by atoms with van der Waals surface area (Å²) < 4.78 is 30.8. The van der Waals surface area contributed by atoms with Gasteiger partial charge in [0.2, 0.25) is 5.91 Å². The van der Waals surface area contributed by atoms with Gasteiger partial charge >= 0.3 is 0 Å². The molecule has 0 fully saturated rings. The third kappa shape index (κ3) is 5.67. The summed E-state index contributed by atoms with van der Waals surface area (Å²) in [4.78, 5) is 11.6. The Morgan fingerprint density at radius 1 is 0.900 bits per heavy atom. The summed E-state index contributed by atoms with van der Waals surface area (Å²) in [7, 11) is -4.04. The lowest BCUT2D eigenvalue weighted by Gasteiger charge is -2.27. The van der Waals surface area contributed by atoms with Crippen molar-refractivity contribution in [3.05, 3.63) is 101 Å². The largest absolute Gasteiger partial charge is 0.389 e. The summed E-state index contributed by atoms with van der Waals surface area (Å²) in [5.41, 5.74) is 3.50. The Bertz CT molecular complexity index is 1760. The van der Waals surface area contributed by atoms with Gasteiger partial charge in [0.15, 0.2) is 0 Å². The first-order valence-corrected chi connectivity index (χ1v) is 14.7. The zero-order valence-electron chi connectivity index (χ0n) is 21.8. The van der Waals surface area contributed by atoms with Crippen LogP contribution in [0.25, 0.3) is 21.8 Å². The molecule has 2 N–H and O–H groups in total. The first-order valence-electron chi connectivity index (χ1n) is 12.5. The molecule has 4 aromatic carbocycles. The molecule has 0 radical (unpaired) electrons. The Labute approximate surface area is 242 Å². The maximum absolute atomic E-state index is 13.9. The van der Waals surface area contributed by atoms with Crippen molar-refractivity contribution < 1.29 is 18.3 Å². The minimum absolute atomic E-state index is 0.109. The van der Waals surface area contributed by atoms with Crippen molar-refractivity contribution in [3.8, 4) is 0 Å². The number of nitrogens with one attached hydrogen (secondary N) is 1. The summed E-state index contributed by atoms with van der Waals surface area (Å²) in [6.07, 6.45) is -1.08. The summed E-state index contributed by atoms with van der Waals surface area (Å²) in [6.45, 7) is 3.19. The molecule has 5 rings (SSSR count). The number of aryl methyl sites for hydroxylation is 1. The molecule has 0 saturated heterocycles. The van der Waals surface area contributed by atoms with E-state index >= 15 is 0 Å². The number of aromatic nitrogens is 1. The summed E-state index contributed by atoms with van der Waals surface area (Å²) in [5, 5.41) is 17.0. The monoisotopic (exact) mass is 595 g/mol. The van der Waals surface area contributed by atoms with Crippen LogP contribution in [-0.2, 0) is 21.4 Å². The molecule has 0 unspecified atom stereocenters. The molecule has 40 heavy (non-hydrogen) atoms. The first kappa shape index (κ1) is 28.0. The summed E-state index contributed by atoms with van der Waals surface area (Å²) >= 11 is 12.6. The van der Waals surface area contributed by atoms with E-state index in [1.807, 2.05) is 35.8 Å². The van der Waals surface area contributed by atoms with Gasteiger partial charge in [0, 0.05) is 44.5 Å². The number of halogens is 2. The predicted octanol–water partition coefficient (Wildman–Crippen LogP) is 6.62. The van der Waals surface area contributed by atoms with Crippen molar-refractivity contribution >= 4 is 72.3 Å². The topological polar surface area (TPSA) is 91.6 Å². The van der Waals surface area contributed by atoms with Gasteiger partial charge in [0.05, 0.1) is 29.8 Å². The van der Waals surface area contributed by atoms with Crippen LogP contribution in [0.4, 0.5) is 11.4 Å². The molecule has 0 aliphatic heterocycles. The van der Waals surface area contributed by atoms with Crippen molar-refractivity contribution in [2.45, 2.75) is 31.4 Å². The summed E-state index contributed by atoms with van der Waals surface area (Å²) in [5.74, 6) is -0.235. The van der Waals surface area contributed by atoms with Crippen LogP contribution in [0.3, 0.4) is 0 Å². The number of aliphatic hydroxyl groups is 1. The van der Waals surface area contributed by atoms with Gasteiger partial charge in [-0.15, -0.1) is 0 Å². The van der Waals surface area contributed by atoms with Crippen molar-refractivity contribution in [3.63, 3.8) is 0 Å². The van der Waals surface area contributed by atoms with Crippen molar-refractivity contribution in [2.75, 3.05) is 16.2 Å². The molecule has 1 atom stereocenters. The molecule has 206 valence electrons. The van der Waals surface area contributed by atoms with Gasteiger partial charge in [-0.05, 0) is 79.7 Å². The molecule has 0 spiro atoms. The predicted molar refractivity (Wildman–Crippen MR) is 162 cm³/mol. The third-order valence-corrected chi connectivity index (χ3v) is 8.92. The van der Waals surface area contributed by atoms with Crippen LogP contribution in [0, 0.1) is 6.92 Å². The van der Waals surface area contributed by atoms with E-state index < -0.39 is 16.1 Å². The second-order valence-electron chi connectivity index (χ2n) is 9.66. The molecule has 0 aliphatic carbocycles. The molecule has 10 heteroatoms.